The van der Waals surface area contributed by atoms with Gasteiger partial charge in [0.2, 0.25) is 0 Å². The van der Waals surface area contributed by atoms with Gasteiger partial charge < -0.3 is 10.2 Å². The van der Waals surface area contributed by atoms with E-state index >= 15 is 0 Å². The summed E-state index contributed by atoms with van der Waals surface area (Å²) in [7, 11) is -1.25. The van der Waals surface area contributed by atoms with Crippen LogP contribution in [0.15, 0.2) is 4.99 Å². The summed E-state index contributed by atoms with van der Waals surface area (Å²) in [5.41, 5.74) is 0. The molecule has 0 radical (unpaired) electrons. The molecular weight excluding hydrogens is 451 g/mol. The normalized spacial score (nSPS) is 24.9. The zero-order chi connectivity index (χ0) is 18.0. The lowest BCUT2D eigenvalue weighted by Crippen LogP contribution is -2.58. The number of nitrogens with one attached hydrogen (secondary N) is 1. The van der Waals surface area contributed by atoms with Crippen molar-refractivity contribution in [1.82, 2.24) is 15.1 Å². The Morgan fingerprint density at radius 3 is 2.28 bits per heavy atom. The average Bonchev–Trinajstić information content (AvgIpc) is 3.00. The fourth-order valence-corrected chi connectivity index (χ4v) is 5.08. The molecule has 0 saturated carbocycles. The third-order valence-corrected chi connectivity index (χ3v) is 7.94. The minimum atomic E-state index is -3.03. The summed E-state index contributed by atoms with van der Waals surface area (Å²) >= 11 is 0. The second kappa shape index (κ2) is 9.21. The molecule has 25 heavy (non-hydrogen) atoms. The van der Waals surface area contributed by atoms with E-state index in [0.29, 0.717) is 25.0 Å². The molecule has 1 unspecified atom stereocenters. The summed E-state index contributed by atoms with van der Waals surface area (Å²) in [6.07, 6.45) is 2.58. The lowest BCUT2D eigenvalue weighted by molar-refractivity contribution is 0.190. The minimum absolute atomic E-state index is 0. The predicted molar refractivity (Wildman–Crippen MR) is 116 cm³/mol. The molecule has 2 fully saturated rings. The molecule has 0 spiro atoms. The first-order chi connectivity index (χ1) is 11.2. The summed E-state index contributed by atoms with van der Waals surface area (Å²) in [4.78, 5) is 9.05. The maximum absolute atomic E-state index is 12.2. The molecule has 2 aliphatic rings. The smallest absolute Gasteiger partial charge is 0.193 e. The van der Waals surface area contributed by atoms with Crippen molar-refractivity contribution in [3.63, 3.8) is 0 Å². The first-order valence-corrected chi connectivity index (χ1v) is 10.7. The van der Waals surface area contributed by atoms with E-state index in [4.69, 9.17) is 0 Å². The van der Waals surface area contributed by atoms with Crippen LogP contribution in [0.3, 0.4) is 0 Å². The van der Waals surface area contributed by atoms with Crippen molar-refractivity contribution in [2.75, 3.05) is 45.5 Å². The highest BCUT2D eigenvalue weighted by atomic mass is 127. The molecule has 0 aromatic heterocycles. The van der Waals surface area contributed by atoms with Crippen LogP contribution in [0.5, 0.6) is 0 Å². The Bertz CT molecular complexity index is 557. The van der Waals surface area contributed by atoms with Crippen molar-refractivity contribution < 1.29 is 8.42 Å². The van der Waals surface area contributed by atoms with Gasteiger partial charge in [-0.25, -0.2) is 8.42 Å². The Hall–Kier alpha value is -0.0900. The van der Waals surface area contributed by atoms with E-state index in [-0.39, 0.29) is 29.7 Å². The highest BCUT2D eigenvalue weighted by Crippen LogP contribution is 2.24. The number of halogens is 1. The summed E-state index contributed by atoms with van der Waals surface area (Å²) in [6, 6.07) is 0.491. The number of rotatable bonds is 4. The number of sulfone groups is 1. The molecule has 0 aliphatic carbocycles. The Balaban J connectivity index is 0.00000312. The number of nitrogens with zero attached hydrogens (tertiary/aromatic N) is 3. The van der Waals surface area contributed by atoms with Crippen molar-refractivity contribution in [1.29, 1.82) is 0 Å². The van der Waals surface area contributed by atoms with E-state index in [2.05, 4.69) is 34.0 Å². The summed E-state index contributed by atoms with van der Waals surface area (Å²) in [6.45, 7) is 12.4. The van der Waals surface area contributed by atoms with Crippen LogP contribution in [-0.2, 0) is 9.84 Å². The molecular formula is C17H35IN4O2S. The predicted octanol–water partition coefficient (Wildman–Crippen LogP) is 1.81. The lowest BCUT2D eigenvalue weighted by atomic mass is 10.0. The van der Waals surface area contributed by atoms with Crippen molar-refractivity contribution in [2.24, 2.45) is 10.9 Å². The molecule has 2 saturated heterocycles. The van der Waals surface area contributed by atoms with Gasteiger partial charge >= 0.3 is 0 Å². The van der Waals surface area contributed by atoms with Crippen LogP contribution in [0.4, 0.5) is 0 Å². The number of hydrogen-bond donors (Lipinski definition) is 1. The third kappa shape index (κ3) is 5.45. The number of guanidine groups is 1. The molecule has 0 aromatic carbocycles. The largest absolute Gasteiger partial charge is 0.355 e. The van der Waals surface area contributed by atoms with Crippen molar-refractivity contribution in [3.05, 3.63) is 0 Å². The Morgan fingerprint density at radius 1 is 1.20 bits per heavy atom. The van der Waals surface area contributed by atoms with Crippen LogP contribution in [0.1, 0.15) is 40.5 Å². The van der Waals surface area contributed by atoms with Crippen LogP contribution in [-0.4, -0.2) is 80.5 Å². The van der Waals surface area contributed by atoms with Gasteiger partial charge in [-0.2, -0.15) is 0 Å². The van der Waals surface area contributed by atoms with Gasteiger partial charge in [-0.05, 0) is 45.7 Å². The van der Waals surface area contributed by atoms with Crippen molar-refractivity contribution >= 4 is 39.8 Å². The average molecular weight is 486 g/mol. The quantitative estimate of drug-likeness (QED) is 0.373. The van der Waals surface area contributed by atoms with Crippen LogP contribution in [0.2, 0.25) is 0 Å². The molecule has 2 rings (SSSR count). The molecule has 2 heterocycles. The van der Waals surface area contributed by atoms with Crippen molar-refractivity contribution in [2.45, 2.75) is 51.3 Å². The van der Waals surface area contributed by atoms with Gasteiger partial charge in [0, 0.05) is 32.7 Å². The first-order valence-electron chi connectivity index (χ1n) is 9.10. The molecule has 0 bridgehead atoms. The van der Waals surface area contributed by atoms with Gasteiger partial charge in [0.15, 0.2) is 15.8 Å². The summed E-state index contributed by atoms with van der Waals surface area (Å²) < 4.78 is 23.7. The number of hydrogen-bond acceptors (Lipinski definition) is 4. The van der Waals surface area contributed by atoms with E-state index in [1.165, 1.54) is 25.9 Å². The van der Waals surface area contributed by atoms with E-state index in [9.17, 15) is 8.42 Å². The fraction of sp³-hybridized carbons (Fsp3) is 0.941. The third-order valence-electron chi connectivity index (χ3n) is 5.40. The molecule has 1 atom stereocenters. The zero-order valence-corrected chi connectivity index (χ0v) is 19.4. The molecule has 0 amide bonds. The monoisotopic (exact) mass is 486 g/mol. The van der Waals surface area contributed by atoms with Gasteiger partial charge in [-0.15, -0.1) is 24.0 Å². The van der Waals surface area contributed by atoms with Gasteiger partial charge in [-0.3, -0.25) is 9.89 Å². The highest BCUT2D eigenvalue weighted by molar-refractivity contribution is 14.0. The molecule has 8 heteroatoms. The van der Waals surface area contributed by atoms with E-state index in [0.717, 1.165) is 12.5 Å². The zero-order valence-electron chi connectivity index (χ0n) is 16.3. The van der Waals surface area contributed by atoms with Gasteiger partial charge in [0.1, 0.15) is 0 Å². The number of likely N-dealkylation sites (tertiary alicyclic amines) is 1. The lowest BCUT2D eigenvalue weighted by Gasteiger charge is -2.40. The van der Waals surface area contributed by atoms with Crippen LogP contribution < -0.4 is 5.32 Å². The Kier molecular flexibility index (Phi) is 8.46. The summed E-state index contributed by atoms with van der Waals surface area (Å²) in [5.74, 6) is 1.59. The van der Waals surface area contributed by atoms with Gasteiger partial charge in [0.25, 0.3) is 0 Å². The Labute approximate surface area is 170 Å². The van der Waals surface area contributed by atoms with Gasteiger partial charge in [-0.1, -0.05) is 13.8 Å². The topological polar surface area (TPSA) is 65.0 Å². The highest BCUT2D eigenvalue weighted by Gasteiger charge is 2.41. The first kappa shape index (κ1) is 23.0. The van der Waals surface area contributed by atoms with E-state index in [1.54, 1.807) is 7.05 Å². The van der Waals surface area contributed by atoms with Crippen LogP contribution >= 0.6 is 24.0 Å². The van der Waals surface area contributed by atoms with E-state index in [1.807, 2.05) is 13.8 Å². The Morgan fingerprint density at radius 2 is 1.80 bits per heavy atom. The summed E-state index contributed by atoms with van der Waals surface area (Å²) in [5, 5.41) is 3.50. The minimum Gasteiger partial charge on any atom is -0.355 e. The SMILES string of the molecule is CN=C(NCC(C(C)C)N1CCCC1)N1CCS(=O)(=O)C(C)(C)C1.I. The molecule has 1 N–H and O–H groups in total. The van der Waals surface area contributed by atoms with E-state index < -0.39 is 14.6 Å². The number of aliphatic imine (C=N–C) groups is 1. The molecule has 0 aromatic rings. The second-order valence-electron chi connectivity index (χ2n) is 7.98. The fourth-order valence-electron chi connectivity index (χ4n) is 3.71. The molecule has 2 aliphatic heterocycles. The molecule has 148 valence electrons. The van der Waals surface area contributed by atoms with Crippen LogP contribution in [0, 0.1) is 5.92 Å². The molecule has 6 nitrogen and oxygen atoms in total. The van der Waals surface area contributed by atoms with Gasteiger partial charge in [0.05, 0.1) is 10.5 Å². The van der Waals surface area contributed by atoms with Crippen molar-refractivity contribution in [3.8, 4) is 0 Å². The maximum Gasteiger partial charge on any atom is 0.193 e. The standard InChI is InChI=1S/C17H34N4O2S.HI/c1-14(2)15(20-8-6-7-9-20)12-19-16(18-5)21-10-11-24(22,23)17(3,4)13-21;/h14-15H,6-13H2,1-5H3,(H,18,19);1H. The second-order valence-corrected chi connectivity index (χ2v) is 10.7. The van der Waals surface area contributed by atoms with Crippen LogP contribution in [0.25, 0.3) is 0 Å². The maximum atomic E-state index is 12.2.